The highest BCUT2D eigenvalue weighted by molar-refractivity contribution is 7.21. The van der Waals surface area contributed by atoms with Crippen LogP contribution in [0, 0.1) is 13.8 Å². The first-order chi connectivity index (χ1) is 12.0. The number of carbonyl (C=O) groups excluding carboxylic acids is 1. The van der Waals surface area contributed by atoms with Gasteiger partial charge >= 0.3 is 0 Å². The van der Waals surface area contributed by atoms with Crippen LogP contribution in [0.15, 0.2) is 24.3 Å². The molecule has 1 amide bonds. The number of amides is 1. The molecule has 2 aromatic heterocycles. The molecular weight excluding hydrogens is 330 g/mol. The molecule has 5 heteroatoms. The number of fused-ring (bicyclic) bond motifs is 1. The predicted octanol–water partition coefficient (Wildman–Crippen LogP) is 4.87. The highest BCUT2D eigenvalue weighted by atomic mass is 32.1. The van der Waals surface area contributed by atoms with Crippen LogP contribution in [0.2, 0.25) is 0 Å². The lowest BCUT2D eigenvalue weighted by Crippen LogP contribution is -2.15. The fourth-order valence-electron chi connectivity index (χ4n) is 3.21. The van der Waals surface area contributed by atoms with Gasteiger partial charge < -0.3 is 11.1 Å². The first-order valence-electron chi connectivity index (χ1n) is 8.54. The van der Waals surface area contributed by atoms with Crippen molar-refractivity contribution in [1.82, 2.24) is 4.98 Å². The number of para-hydroxylation sites is 1. The van der Waals surface area contributed by atoms with E-state index < -0.39 is 0 Å². The lowest BCUT2D eigenvalue weighted by Gasteiger charge is -2.14. The van der Waals surface area contributed by atoms with Gasteiger partial charge in [-0.05, 0) is 49.4 Å². The fraction of sp³-hybridized carbons (Fsp3) is 0.300. The van der Waals surface area contributed by atoms with Crippen molar-refractivity contribution in [2.75, 3.05) is 11.1 Å². The molecule has 2 heterocycles. The van der Waals surface area contributed by atoms with Gasteiger partial charge in [0.1, 0.15) is 9.71 Å². The molecule has 0 aliphatic rings. The number of hydrogen-bond acceptors (Lipinski definition) is 4. The molecule has 0 saturated heterocycles. The molecule has 3 rings (SSSR count). The summed E-state index contributed by atoms with van der Waals surface area (Å²) >= 11 is 1.36. The minimum atomic E-state index is -0.159. The van der Waals surface area contributed by atoms with E-state index in [-0.39, 0.29) is 5.91 Å². The number of nitrogens with two attached hydrogens (primary N) is 1. The van der Waals surface area contributed by atoms with Crippen LogP contribution in [-0.2, 0) is 12.8 Å². The summed E-state index contributed by atoms with van der Waals surface area (Å²) in [7, 11) is 0. The van der Waals surface area contributed by atoms with Crippen molar-refractivity contribution in [3.05, 3.63) is 51.5 Å². The Bertz CT molecular complexity index is 937. The molecule has 0 bridgehead atoms. The van der Waals surface area contributed by atoms with E-state index in [0.717, 1.165) is 51.1 Å². The van der Waals surface area contributed by atoms with Crippen LogP contribution < -0.4 is 11.1 Å². The van der Waals surface area contributed by atoms with Crippen LogP contribution in [0.1, 0.15) is 45.9 Å². The fourth-order valence-corrected chi connectivity index (χ4v) is 4.32. The number of benzene rings is 1. The van der Waals surface area contributed by atoms with Crippen LogP contribution >= 0.6 is 11.3 Å². The highest BCUT2D eigenvalue weighted by Crippen LogP contribution is 2.36. The summed E-state index contributed by atoms with van der Waals surface area (Å²) in [5.41, 5.74) is 12.0. The van der Waals surface area contributed by atoms with Gasteiger partial charge in [-0.3, -0.25) is 4.79 Å². The van der Waals surface area contributed by atoms with E-state index >= 15 is 0 Å². The minimum absolute atomic E-state index is 0.159. The Labute approximate surface area is 152 Å². The number of aryl methyl sites for hydroxylation is 4. The number of carbonyl (C=O) groups is 1. The molecule has 0 unspecified atom stereocenters. The van der Waals surface area contributed by atoms with E-state index in [1.165, 1.54) is 11.3 Å². The summed E-state index contributed by atoms with van der Waals surface area (Å²) in [4.78, 5) is 18.8. The summed E-state index contributed by atoms with van der Waals surface area (Å²) in [6.07, 6.45) is 1.73. The van der Waals surface area contributed by atoms with Crippen LogP contribution in [0.5, 0.6) is 0 Å². The summed E-state index contributed by atoms with van der Waals surface area (Å²) in [5.74, 6) is -0.159. The molecule has 0 spiro atoms. The molecule has 0 saturated carbocycles. The van der Waals surface area contributed by atoms with Gasteiger partial charge in [0.2, 0.25) is 0 Å². The van der Waals surface area contributed by atoms with Gasteiger partial charge in [0, 0.05) is 16.8 Å². The molecule has 4 nitrogen and oxygen atoms in total. The Hall–Kier alpha value is -2.40. The number of aromatic nitrogens is 1. The predicted molar refractivity (Wildman–Crippen MR) is 107 cm³/mol. The second-order valence-electron chi connectivity index (χ2n) is 6.22. The number of hydrogen-bond donors (Lipinski definition) is 2. The third kappa shape index (κ3) is 3.12. The van der Waals surface area contributed by atoms with Gasteiger partial charge in [0.15, 0.2) is 0 Å². The zero-order valence-electron chi connectivity index (χ0n) is 15.1. The topological polar surface area (TPSA) is 68.0 Å². The van der Waals surface area contributed by atoms with Crippen LogP contribution in [0.25, 0.3) is 10.2 Å². The monoisotopic (exact) mass is 353 g/mol. The second-order valence-corrected chi connectivity index (χ2v) is 7.22. The van der Waals surface area contributed by atoms with Crippen LogP contribution in [0.4, 0.5) is 11.4 Å². The maximum absolute atomic E-state index is 12.9. The standard InChI is InChI=1S/C20H23N3OS/c1-5-13-8-7-9-14(6-2)17(13)23-19(24)18-16(21)15-11(3)10-12(4)22-20(15)25-18/h7-10H,5-6,21H2,1-4H3,(H,23,24). The number of pyridine rings is 1. The number of nitrogens with one attached hydrogen (secondary N) is 1. The molecule has 0 aliphatic carbocycles. The molecule has 0 aliphatic heterocycles. The third-order valence-corrected chi connectivity index (χ3v) is 5.57. The summed E-state index contributed by atoms with van der Waals surface area (Å²) < 4.78 is 0. The Balaban J connectivity index is 2.05. The summed E-state index contributed by atoms with van der Waals surface area (Å²) in [6.45, 7) is 8.14. The largest absolute Gasteiger partial charge is 0.397 e. The van der Waals surface area contributed by atoms with Crippen molar-refractivity contribution in [2.45, 2.75) is 40.5 Å². The number of thiophene rings is 1. The molecule has 0 atom stereocenters. The van der Waals surface area contributed by atoms with E-state index in [9.17, 15) is 4.79 Å². The van der Waals surface area contributed by atoms with Gasteiger partial charge in [-0.15, -0.1) is 11.3 Å². The van der Waals surface area contributed by atoms with E-state index in [1.807, 2.05) is 26.0 Å². The quantitative estimate of drug-likeness (QED) is 0.703. The first kappa shape index (κ1) is 17.4. The van der Waals surface area contributed by atoms with Gasteiger partial charge in [0.25, 0.3) is 5.91 Å². The van der Waals surface area contributed by atoms with Crippen molar-refractivity contribution in [3.63, 3.8) is 0 Å². The molecular formula is C20H23N3OS. The molecule has 0 fully saturated rings. The van der Waals surface area contributed by atoms with Gasteiger partial charge in [-0.25, -0.2) is 4.98 Å². The molecule has 0 radical (unpaired) electrons. The number of anilines is 2. The summed E-state index contributed by atoms with van der Waals surface area (Å²) in [6, 6.07) is 8.14. The van der Waals surface area contributed by atoms with Crippen molar-refractivity contribution >= 4 is 38.8 Å². The average molecular weight is 353 g/mol. The van der Waals surface area contributed by atoms with Gasteiger partial charge in [0.05, 0.1) is 5.69 Å². The SMILES string of the molecule is CCc1cccc(CC)c1NC(=O)c1sc2nc(C)cc(C)c2c1N. The van der Waals surface area contributed by atoms with Gasteiger partial charge in [-0.1, -0.05) is 32.0 Å². The Morgan fingerprint density at radius 3 is 2.44 bits per heavy atom. The Kier molecular flexibility index (Phi) is 4.77. The lowest BCUT2D eigenvalue weighted by molar-refractivity contribution is 0.103. The van der Waals surface area contributed by atoms with E-state index in [1.54, 1.807) is 0 Å². The molecule has 25 heavy (non-hydrogen) atoms. The maximum Gasteiger partial charge on any atom is 0.267 e. The molecule has 3 N–H and O–H groups in total. The van der Waals surface area contributed by atoms with Crippen LogP contribution in [0.3, 0.4) is 0 Å². The first-order valence-corrected chi connectivity index (χ1v) is 9.36. The average Bonchev–Trinajstić information content (AvgIpc) is 2.91. The normalized spacial score (nSPS) is 11.0. The van der Waals surface area contributed by atoms with E-state index in [0.29, 0.717) is 10.6 Å². The zero-order valence-corrected chi connectivity index (χ0v) is 15.9. The Morgan fingerprint density at radius 2 is 1.84 bits per heavy atom. The molecule has 1 aromatic carbocycles. The lowest BCUT2D eigenvalue weighted by atomic mass is 10.0. The van der Waals surface area contributed by atoms with Crippen molar-refractivity contribution in [3.8, 4) is 0 Å². The number of nitrogen functional groups attached to an aromatic ring is 1. The smallest absolute Gasteiger partial charge is 0.267 e. The third-order valence-electron chi connectivity index (χ3n) is 4.47. The number of rotatable bonds is 4. The number of nitrogens with zero attached hydrogens (tertiary/aromatic N) is 1. The summed E-state index contributed by atoms with van der Waals surface area (Å²) in [5, 5.41) is 3.99. The van der Waals surface area contributed by atoms with Crippen LogP contribution in [-0.4, -0.2) is 10.9 Å². The molecule has 130 valence electrons. The van der Waals surface area contributed by atoms with Crippen molar-refractivity contribution < 1.29 is 4.79 Å². The minimum Gasteiger partial charge on any atom is -0.397 e. The van der Waals surface area contributed by atoms with Gasteiger partial charge in [-0.2, -0.15) is 0 Å². The Morgan fingerprint density at radius 1 is 1.20 bits per heavy atom. The van der Waals surface area contributed by atoms with E-state index in [2.05, 4.69) is 36.3 Å². The highest BCUT2D eigenvalue weighted by Gasteiger charge is 2.20. The van der Waals surface area contributed by atoms with Crippen molar-refractivity contribution in [1.29, 1.82) is 0 Å². The molecule has 3 aromatic rings. The maximum atomic E-state index is 12.9. The second kappa shape index (κ2) is 6.84. The van der Waals surface area contributed by atoms with E-state index in [4.69, 9.17) is 5.73 Å². The zero-order chi connectivity index (χ0) is 18.1. The van der Waals surface area contributed by atoms with Crippen molar-refractivity contribution in [2.24, 2.45) is 0 Å².